The van der Waals surface area contributed by atoms with E-state index in [0.29, 0.717) is 6.54 Å². The van der Waals surface area contributed by atoms with Crippen molar-refractivity contribution >= 4 is 11.9 Å². The smallest absolute Gasteiger partial charge is 0.226 e. The van der Waals surface area contributed by atoms with Gasteiger partial charge in [0.1, 0.15) is 0 Å². The lowest BCUT2D eigenvalue weighted by Crippen LogP contribution is -2.52. The number of hydrogen-bond acceptors (Lipinski definition) is 4. The van der Waals surface area contributed by atoms with Crippen LogP contribution in [0, 0.1) is 24.5 Å². The topological polar surface area (TPSA) is 49.3 Å². The predicted molar refractivity (Wildman–Crippen MR) is 107 cm³/mol. The molecule has 0 bridgehead atoms. The lowest BCUT2D eigenvalue weighted by atomic mass is 9.90. The number of carbonyl (C=O) groups excluding carboxylic acids is 1. The van der Waals surface area contributed by atoms with Crippen LogP contribution in [0.3, 0.4) is 0 Å². The Bertz CT molecular complexity index is 889. The minimum Gasteiger partial charge on any atom is -0.337 e. The van der Waals surface area contributed by atoms with Crippen LogP contribution in [0.2, 0.25) is 0 Å². The molecule has 4 rings (SSSR count). The molecule has 0 radical (unpaired) electrons. The van der Waals surface area contributed by atoms with Gasteiger partial charge in [0.25, 0.3) is 0 Å². The van der Waals surface area contributed by atoms with Crippen LogP contribution in [0.1, 0.15) is 43.2 Å². The Morgan fingerprint density at radius 2 is 1.93 bits per heavy atom. The summed E-state index contributed by atoms with van der Waals surface area (Å²) >= 11 is 0. The molecule has 3 atom stereocenters. The van der Waals surface area contributed by atoms with Gasteiger partial charge in [-0.1, -0.05) is 13.0 Å². The van der Waals surface area contributed by atoms with Gasteiger partial charge >= 0.3 is 0 Å². The van der Waals surface area contributed by atoms with Gasteiger partial charge in [-0.05, 0) is 55.4 Å². The molecule has 0 saturated carbocycles. The Hall–Kier alpha value is -2.57. The minimum atomic E-state index is -0.828. The molecule has 2 aromatic rings. The maximum atomic E-state index is 13.5. The van der Waals surface area contributed by atoms with E-state index >= 15 is 0 Å². The van der Waals surface area contributed by atoms with E-state index in [2.05, 4.69) is 14.9 Å². The number of benzene rings is 1. The van der Waals surface area contributed by atoms with E-state index in [0.717, 1.165) is 49.4 Å². The molecule has 2 aliphatic heterocycles. The van der Waals surface area contributed by atoms with Crippen LogP contribution >= 0.6 is 0 Å². The van der Waals surface area contributed by atoms with Crippen LogP contribution in [-0.2, 0) is 4.79 Å². The van der Waals surface area contributed by atoms with E-state index < -0.39 is 11.6 Å². The minimum absolute atomic E-state index is 0.00775. The number of anilines is 1. The number of aryl methyl sites for hydroxylation is 1. The zero-order chi connectivity index (χ0) is 20.5. The number of aromatic nitrogens is 2. The first-order valence-electron chi connectivity index (χ1n) is 10.2. The summed E-state index contributed by atoms with van der Waals surface area (Å²) in [5.41, 5.74) is 1.80. The van der Waals surface area contributed by atoms with Crippen molar-refractivity contribution in [3.8, 4) is 0 Å². The number of amides is 1. The number of hydrogen-bond donors (Lipinski definition) is 0. The molecule has 29 heavy (non-hydrogen) atoms. The third-order valence-corrected chi connectivity index (χ3v) is 6.18. The van der Waals surface area contributed by atoms with Gasteiger partial charge in [-0.2, -0.15) is 0 Å². The Morgan fingerprint density at radius 3 is 2.66 bits per heavy atom. The number of piperazine rings is 1. The molecule has 2 aliphatic rings. The molecule has 0 spiro atoms. The second-order valence-electron chi connectivity index (χ2n) is 8.28. The van der Waals surface area contributed by atoms with Crippen molar-refractivity contribution in [2.45, 2.75) is 45.1 Å². The first-order chi connectivity index (χ1) is 13.9. The number of halogens is 2. The van der Waals surface area contributed by atoms with E-state index in [-0.39, 0.29) is 23.8 Å². The van der Waals surface area contributed by atoms with Gasteiger partial charge in [-0.15, -0.1) is 0 Å². The molecule has 1 aromatic carbocycles. The number of carbonyl (C=O) groups is 1. The highest BCUT2D eigenvalue weighted by Gasteiger charge is 2.42. The van der Waals surface area contributed by atoms with Crippen LogP contribution in [-0.4, -0.2) is 46.5 Å². The molecule has 3 heterocycles. The van der Waals surface area contributed by atoms with Crippen molar-refractivity contribution in [1.82, 2.24) is 14.9 Å². The summed E-state index contributed by atoms with van der Waals surface area (Å²) in [7, 11) is 0. The van der Waals surface area contributed by atoms with Crippen LogP contribution in [0.4, 0.5) is 14.7 Å². The third-order valence-electron chi connectivity index (χ3n) is 6.18. The summed E-state index contributed by atoms with van der Waals surface area (Å²) in [5, 5.41) is 0. The average Bonchev–Trinajstić information content (AvgIpc) is 3.04. The summed E-state index contributed by atoms with van der Waals surface area (Å²) in [6.07, 6.45) is 5.99. The lowest BCUT2D eigenvalue weighted by Gasteiger charge is -2.37. The molecular formula is C22H26F2N4O. The second-order valence-corrected chi connectivity index (χ2v) is 8.28. The zero-order valence-corrected chi connectivity index (χ0v) is 16.8. The monoisotopic (exact) mass is 400 g/mol. The van der Waals surface area contributed by atoms with Crippen LogP contribution in [0.15, 0.2) is 30.6 Å². The molecule has 154 valence electrons. The van der Waals surface area contributed by atoms with Crippen LogP contribution in [0.5, 0.6) is 0 Å². The highest BCUT2D eigenvalue weighted by molar-refractivity contribution is 5.82. The third kappa shape index (κ3) is 4.09. The largest absolute Gasteiger partial charge is 0.337 e. The summed E-state index contributed by atoms with van der Waals surface area (Å²) in [6.45, 7) is 6.14. The van der Waals surface area contributed by atoms with Crippen molar-refractivity contribution < 1.29 is 13.6 Å². The van der Waals surface area contributed by atoms with Gasteiger partial charge in [-0.3, -0.25) is 4.79 Å². The van der Waals surface area contributed by atoms with Crippen molar-refractivity contribution in [3.05, 3.63) is 53.4 Å². The average molecular weight is 400 g/mol. The van der Waals surface area contributed by atoms with E-state index in [1.165, 1.54) is 12.1 Å². The van der Waals surface area contributed by atoms with Gasteiger partial charge in [0, 0.05) is 37.9 Å². The number of nitrogens with zero attached hydrogens (tertiary/aromatic N) is 4. The van der Waals surface area contributed by atoms with Gasteiger partial charge in [-0.25, -0.2) is 18.7 Å². The summed E-state index contributed by atoms with van der Waals surface area (Å²) < 4.78 is 26.6. The fourth-order valence-corrected chi connectivity index (χ4v) is 4.42. The van der Waals surface area contributed by atoms with Crippen molar-refractivity contribution in [2.24, 2.45) is 5.92 Å². The highest BCUT2D eigenvalue weighted by Crippen LogP contribution is 2.34. The van der Waals surface area contributed by atoms with Crippen molar-refractivity contribution in [3.63, 3.8) is 0 Å². The molecule has 1 amide bonds. The van der Waals surface area contributed by atoms with E-state index in [1.54, 1.807) is 6.07 Å². The summed E-state index contributed by atoms with van der Waals surface area (Å²) in [4.78, 5) is 25.8. The van der Waals surface area contributed by atoms with Crippen molar-refractivity contribution in [1.29, 1.82) is 0 Å². The normalized spacial score (nSPS) is 22.7. The molecule has 5 nitrogen and oxygen atoms in total. The fourth-order valence-electron chi connectivity index (χ4n) is 4.42. The van der Waals surface area contributed by atoms with E-state index in [9.17, 15) is 13.6 Å². The SMILES string of the molecule is Cc1cnc(N2CCN3C(=O)[C@@H](CCC(C)c4ccc(F)c(F)c4)C[C@H]3C2)nc1. The number of fused-ring (bicyclic) bond motifs is 1. The first kappa shape index (κ1) is 19.7. The van der Waals surface area contributed by atoms with Gasteiger partial charge in [0.2, 0.25) is 11.9 Å². The zero-order valence-electron chi connectivity index (χ0n) is 16.8. The summed E-state index contributed by atoms with van der Waals surface area (Å²) in [5.74, 6) is -0.637. The van der Waals surface area contributed by atoms with Gasteiger partial charge in [0.05, 0.1) is 6.04 Å². The first-order valence-corrected chi connectivity index (χ1v) is 10.2. The lowest BCUT2D eigenvalue weighted by molar-refractivity contribution is -0.132. The van der Waals surface area contributed by atoms with Crippen LogP contribution in [0.25, 0.3) is 0 Å². The maximum Gasteiger partial charge on any atom is 0.226 e. The number of rotatable bonds is 5. The molecule has 1 aromatic heterocycles. The van der Waals surface area contributed by atoms with E-state index in [4.69, 9.17) is 0 Å². The predicted octanol–water partition coefficient (Wildman–Crippen LogP) is 3.68. The maximum absolute atomic E-state index is 13.5. The molecule has 0 N–H and O–H groups in total. The molecular weight excluding hydrogens is 374 g/mol. The Morgan fingerprint density at radius 1 is 1.17 bits per heavy atom. The molecule has 1 unspecified atom stereocenters. The Labute approximate surface area is 169 Å². The second kappa shape index (κ2) is 8.05. The van der Waals surface area contributed by atoms with Gasteiger partial charge in [0.15, 0.2) is 11.6 Å². The molecule has 2 fully saturated rings. The standard InChI is InChI=1S/C22H26F2N4O/c1-14-11-25-22(26-12-14)27-7-8-28-18(13-27)9-17(21(28)29)4-3-15(2)16-5-6-19(23)20(24)10-16/h5-6,10-12,15,17-18H,3-4,7-9,13H2,1-2H3/t15?,17-,18-/m0/s1. The Balaban J connectivity index is 1.35. The molecule has 2 saturated heterocycles. The van der Waals surface area contributed by atoms with Gasteiger partial charge < -0.3 is 9.80 Å². The quantitative estimate of drug-likeness (QED) is 0.768. The summed E-state index contributed by atoms with van der Waals surface area (Å²) in [6, 6.07) is 4.25. The molecule has 7 heteroatoms. The Kier molecular flexibility index (Phi) is 5.48. The highest BCUT2D eigenvalue weighted by atomic mass is 19.2. The molecule has 0 aliphatic carbocycles. The van der Waals surface area contributed by atoms with Crippen LogP contribution < -0.4 is 4.90 Å². The van der Waals surface area contributed by atoms with Crippen molar-refractivity contribution in [2.75, 3.05) is 24.5 Å². The van der Waals surface area contributed by atoms with E-state index in [1.807, 2.05) is 31.1 Å². The fraction of sp³-hybridized carbons (Fsp3) is 0.500.